The Hall–Kier alpha value is -4.46. The standard InChI is InChI=1S/C66H46Cl4S4/c1-63(2,3)33-21-27-39-45-35-23(13-17-29(67)41(35)57(27)71-33)25-15-19-31(69)43-37(25)48(45)51-50-47(39)40-28-22-34(64(4,5)6)72-58(28)42-30(68)18-14-24-26-16-20-32(70)44-38(26)49(46(40)36(24)42)52(50)54-56(62(66(10,11)12)74-60(44)54)55-53(51)59(43)73-61(55)65(7,8)9/h13-22H,1-12H3. The fraction of sp³-hybridized carbons (Fsp3) is 0.242. The molecule has 1 aliphatic carbocycles. The van der Waals surface area contributed by atoms with Crippen LogP contribution in [0.4, 0.5) is 0 Å². The molecule has 0 atom stereocenters. The molecule has 8 heteroatoms. The van der Waals surface area contributed by atoms with E-state index in [2.05, 4.69) is 144 Å². The van der Waals surface area contributed by atoms with Crippen molar-refractivity contribution in [2.24, 2.45) is 0 Å². The van der Waals surface area contributed by atoms with Crippen LogP contribution in [0.1, 0.15) is 103 Å². The summed E-state index contributed by atoms with van der Waals surface area (Å²) in [7, 11) is 0. The Bertz CT molecular complexity index is 5040. The van der Waals surface area contributed by atoms with Gasteiger partial charge in [-0.3, -0.25) is 0 Å². The average Bonchev–Trinajstić information content (AvgIpc) is 4.13. The van der Waals surface area contributed by atoms with Gasteiger partial charge >= 0.3 is 0 Å². The molecule has 74 heavy (non-hydrogen) atoms. The molecule has 0 N–H and O–H groups in total. The van der Waals surface area contributed by atoms with Crippen LogP contribution in [0.3, 0.4) is 0 Å². The summed E-state index contributed by atoms with van der Waals surface area (Å²) in [6, 6.07) is 23.0. The summed E-state index contributed by atoms with van der Waals surface area (Å²) in [4.78, 5) is 5.47. The summed E-state index contributed by atoms with van der Waals surface area (Å²) in [5, 5.41) is 36.2. The summed E-state index contributed by atoms with van der Waals surface area (Å²) in [5.41, 5.74) is 2.10. The SMILES string of the molecule is CC(C)(C)c1cc2c(s1)c1c(Cl)ccc3c4ccc(Cl)c5c6sc(C(C)(C)C)c7c6c6c(c45)c(c31)c2c1c2c3cc(C(C)(C)C)sc3c3c(Cl)ccc4c5ccc(Cl)c8c9sc(C(C)(C)C)c-7c9c(c(c58)c2c43)c61. The van der Waals surface area contributed by atoms with Crippen LogP contribution in [0.15, 0.2) is 60.7 Å². The van der Waals surface area contributed by atoms with Crippen LogP contribution >= 0.6 is 91.8 Å². The summed E-state index contributed by atoms with van der Waals surface area (Å²) < 4.78 is 5.07. The number of thiophene rings is 4. The molecule has 12 aromatic carbocycles. The van der Waals surface area contributed by atoms with Crippen LogP contribution in [-0.4, -0.2) is 0 Å². The summed E-state index contributed by atoms with van der Waals surface area (Å²) in [5.74, 6) is 0. The van der Waals surface area contributed by atoms with E-state index in [9.17, 15) is 0 Å². The zero-order valence-corrected chi connectivity index (χ0v) is 49.2. The van der Waals surface area contributed by atoms with Crippen LogP contribution in [0.2, 0.25) is 20.1 Å². The minimum atomic E-state index is -0.210. The lowest BCUT2D eigenvalue weighted by molar-refractivity contribution is 0.600. The van der Waals surface area contributed by atoms with Crippen molar-refractivity contribution in [1.29, 1.82) is 0 Å². The van der Waals surface area contributed by atoms with E-state index >= 15 is 0 Å². The van der Waals surface area contributed by atoms with E-state index in [0.29, 0.717) is 0 Å². The zero-order chi connectivity index (χ0) is 51.0. The van der Waals surface area contributed by atoms with Gasteiger partial charge < -0.3 is 0 Å². The number of fused-ring (bicyclic) bond motifs is 13. The fourth-order valence-electron chi connectivity index (χ4n) is 14.4. The third kappa shape index (κ3) is 4.88. The molecular formula is C66H46Cl4S4. The lowest BCUT2D eigenvalue weighted by atomic mass is 9.76. The van der Waals surface area contributed by atoms with E-state index < -0.39 is 0 Å². The molecule has 0 saturated carbocycles. The predicted octanol–water partition coefficient (Wildman–Crippen LogP) is 24.8. The van der Waals surface area contributed by atoms with E-state index in [1.807, 2.05) is 45.3 Å². The quantitative estimate of drug-likeness (QED) is 0.105. The van der Waals surface area contributed by atoms with Gasteiger partial charge in [-0.25, -0.2) is 0 Å². The highest BCUT2D eigenvalue weighted by Crippen LogP contribution is 2.68. The second-order valence-electron chi connectivity index (χ2n) is 25.9. The Kier molecular flexibility index (Phi) is 8.00. The van der Waals surface area contributed by atoms with Gasteiger partial charge in [0.2, 0.25) is 0 Å². The Morgan fingerprint density at radius 2 is 0.514 bits per heavy atom. The molecule has 0 unspecified atom stereocenters. The molecule has 16 aromatic rings. The second kappa shape index (κ2) is 13.3. The minimum Gasteiger partial charge on any atom is -0.139 e. The van der Waals surface area contributed by atoms with Gasteiger partial charge in [-0.2, -0.15) is 0 Å². The van der Waals surface area contributed by atoms with Gasteiger partial charge in [-0.1, -0.05) is 154 Å². The maximum absolute atomic E-state index is 7.85. The molecule has 362 valence electrons. The molecule has 0 bridgehead atoms. The maximum atomic E-state index is 7.85. The van der Waals surface area contributed by atoms with Crippen molar-refractivity contribution in [1.82, 2.24) is 0 Å². The van der Waals surface area contributed by atoms with Crippen molar-refractivity contribution in [3.05, 3.63) is 100 Å². The molecular weight excluding hydrogens is 1060 g/mol. The van der Waals surface area contributed by atoms with Crippen LogP contribution < -0.4 is 0 Å². The van der Waals surface area contributed by atoms with Crippen molar-refractivity contribution in [3.8, 4) is 11.1 Å². The number of benzene rings is 12. The van der Waals surface area contributed by atoms with Crippen LogP contribution in [0.25, 0.3) is 170 Å². The van der Waals surface area contributed by atoms with Gasteiger partial charge in [-0.05, 0) is 79.6 Å². The summed E-state index contributed by atoms with van der Waals surface area (Å²) in [6.07, 6.45) is 0. The first-order valence-corrected chi connectivity index (χ1v) is 30.5. The molecule has 0 radical (unpaired) electrons. The smallest absolute Gasteiger partial charge is 0.0499 e. The van der Waals surface area contributed by atoms with Gasteiger partial charge in [0.15, 0.2) is 0 Å². The van der Waals surface area contributed by atoms with E-state index in [0.717, 1.165) is 41.6 Å². The minimum absolute atomic E-state index is 0.109. The van der Waals surface area contributed by atoms with Gasteiger partial charge in [0, 0.05) is 188 Å². The van der Waals surface area contributed by atoms with Crippen molar-refractivity contribution in [2.75, 3.05) is 0 Å². The Labute approximate surface area is 462 Å². The van der Waals surface area contributed by atoms with Gasteiger partial charge in [0.05, 0.1) is 0 Å². The van der Waals surface area contributed by atoms with Crippen molar-refractivity contribution in [3.63, 3.8) is 0 Å². The first-order chi connectivity index (χ1) is 35.0. The van der Waals surface area contributed by atoms with Crippen LogP contribution in [0, 0.1) is 0 Å². The van der Waals surface area contributed by atoms with Crippen molar-refractivity contribution in [2.45, 2.75) is 105 Å². The van der Waals surface area contributed by atoms with Crippen molar-refractivity contribution >= 4 is 251 Å². The lowest BCUT2D eigenvalue weighted by Gasteiger charge is -2.26. The lowest BCUT2D eigenvalue weighted by Crippen LogP contribution is -2.13. The second-order valence-corrected chi connectivity index (χ2v) is 31.6. The predicted molar refractivity (Wildman–Crippen MR) is 339 cm³/mol. The number of rotatable bonds is 0. The first kappa shape index (κ1) is 44.6. The van der Waals surface area contributed by atoms with Crippen molar-refractivity contribution < 1.29 is 0 Å². The topological polar surface area (TPSA) is 0 Å². The molecule has 0 nitrogen and oxygen atoms in total. The first-order valence-electron chi connectivity index (χ1n) is 25.7. The zero-order valence-electron chi connectivity index (χ0n) is 42.9. The highest BCUT2D eigenvalue weighted by atomic mass is 35.5. The fourth-order valence-corrected chi connectivity index (χ4v) is 21.1. The highest BCUT2D eigenvalue weighted by molar-refractivity contribution is 7.23. The highest BCUT2D eigenvalue weighted by Gasteiger charge is 2.41. The molecule has 0 aliphatic heterocycles. The average molecular weight is 1110 g/mol. The Morgan fingerprint density at radius 3 is 0.811 bits per heavy atom. The molecule has 0 saturated heterocycles. The largest absolute Gasteiger partial charge is 0.139 e. The van der Waals surface area contributed by atoms with Crippen LogP contribution in [-0.2, 0) is 21.7 Å². The van der Waals surface area contributed by atoms with E-state index in [-0.39, 0.29) is 21.7 Å². The third-order valence-electron chi connectivity index (χ3n) is 17.3. The van der Waals surface area contributed by atoms with Gasteiger partial charge in [-0.15, -0.1) is 45.3 Å². The van der Waals surface area contributed by atoms with E-state index in [4.69, 9.17) is 46.4 Å². The van der Waals surface area contributed by atoms with E-state index in [1.165, 1.54) is 168 Å². The molecule has 0 spiro atoms. The molecule has 4 heterocycles. The number of halogens is 4. The molecule has 1 aliphatic rings. The molecule has 0 amide bonds. The van der Waals surface area contributed by atoms with Gasteiger partial charge in [0.1, 0.15) is 0 Å². The third-order valence-corrected chi connectivity index (χ3v) is 24.9. The molecule has 4 aromatic heterocycles. The monoisotopic (exact) mass is 1110 g/mol. The number of hydrogen-bond donors (Lipinski definition) is 0. The summed E-state index contributed by atoms with van der Waals surface area (Å²) in [6.45, 7) is 28.6. The normalized spacial score (nSPS) is 14.5. The molecule has 0 fully saturated rings. The Balaban J connectivity index is 1.40. The van der Waals surface area contributed by atoms with Gasteiger partial charge in [0.25, 0.3) is 0 Å². The maximum Gasteiger partial charge on any atom is 0.0499 e. The van der Waals surface area contributed by atoms with E-state index in [1.54, 1.807) is 0 Å². The van der Waals surface area contributed by atoms with Crippen LogP contribution in [0.5, 0.6) is 0 Å². The molecule has 17 rings (SSSR count). The summed E-state index contributed by atoms with van der Waals surface area (Å²) >= 11 is 39.0. The Morgan fingerprint density at radius 1 is 0.257 bits per heavy atom. The number of hydrogen-bond acceptors (Lipinski definition) is 4.